The zero-order valence-corrected chi connectivity index (χ0v) is 16.5. The number of hydrogen-bond acceptors (Lipinski definition) is 4. The summed E-state index contributed by atoms with van der Waals surface area (Å²) in [5.41, 5.74) is 8.53. The van der Waals surface area contributed by atoms with Gasteiger partial charge in [0.1, 0.15) is 5.82 Å². The normalized spacial score (nSPS) is 16.2. The fraction of sp³-hybridized carbons (Fsp3) is 0.167. The highest BCUT2D eigenvalue weighted by Crippen LogP contribution is 2.35. The number of anilines is 2. The van der Waals surface area contributed by atoms with E-state index in [0.29, 0.717) is 29.9 Å². The average molecular weight is 420 g/mol. The highest BCUT2D eigenvalue weighted by Gasteiger charge is 2.28. The number of rotatable bonds is 3. The van der Waals surface area contributed by atoms with Gasteiger partial charge < -0.3 is 10.6 Å². The van der Waals surface area contributed by atoms with Crippen LogP contribution in [0.3, 0.4) is 0 Å². The molecule has 0 aliphatic carbocycles. The van der Waals surface area contributed by atoms with Crippen LogP contribution in [0.1, 0.15) is 17.9 Å². The molecule has 1 aromatic heterocycles. The van der Waals surface area contributed by atoms with Gasteiger partial charge in [-0.1, -0.05) is 24.3 Å². The molecule has 0 amide bonds. The van der Waals surface area contributed by atoms with E-state index in [-0.39, 0.29) is 17.2 Å². The summed E-state index contributed by atoms with van der Waals surface area (Å²) in [6.45, 7) is 1.30. The Morgan fingerprint density at radius 3 is 2.61 bits per heavy atom. The van der Waals surface area contributed by atoms with Crippen molar-refractivity contribution < 1.29 is 13.2 Å². The Bertz CT molecular complexity index is 1290. The Kier molecular flexibility index (Phi) is 4.73. The summed E-state index contributed by atoms with van der Waals surface area (Å²) in [5, 5.41) is 0.456. The van der Waals surface area contributed by atoms with Crippen LogP contribution >= 0.6 is 0 Å². The van der Waals surface area contributed by atoms with Gasteiger partial charge in [-0.2, -0.15) is 0 Å². The van der Waals surface area contributed by atoms with Gasteiger partial charge in [-0.05, 0) is 42.3 Å². The van der Waals surface area contributed by atoms with Crippen LogP contribution in [-0.4, -0.2) is 23.1 Å². The third-order valence-corrected chi connectivity index (χ3v) is 5.76. The first-order valence-electron chi connectivity index (χ1n) is 10.0. The number of hydrogen-bond donors (Lipinski definition) is 1. The molecule has 0 spiro atoms. The molecule has 2 N–H and O–H groups in total. The number of benzene rings is 3. The quantitative estimate of drug-likeness (QED) is 0.458. The van der Waals surface area contributed by atoms with Crippen LogP contribution in [0.4, 0.5) is 24.8 Å². The summed E-state index contributed by atoms with van der Waals surface area (Å²) < 4.78 is 42.4. The van der Waals surface area contributed by atoms with Crippen LogP contribution < -0.4 is 10.6 Å². The summed E-state index contributed by atoms with van der Waals surface area (Å²) in [7, 11) is 0. The summed E-state index contributed by atoms with van der Waals surface area (Å²) in [5.74, 6) is -1.86. The van der Waals surface area contributed by atoms with Crippen molar-refractivity contribution in [3.8, 4) is 11.3 Å². The molecule has 0 unspecified atom stereocenters. The molecule has 4 aromatic rings. The second kappa shape index (κ2) is 7.58. The summed E-state index contributed by atoms with van der Waals surface area (Å²) >= 11 is 0. The van der Waals surface area contributed by atoms with Gasteiger partial charge in [0.25, 0.3) is 0 Å². The van der Waals surface area contributed by atoms with E-state index in [2.05, 4.69) is 9.97 Å². The smallest absolute Gasteiger partial charge is 0.226 e. The monoisotopic (exact) mass is 420 g/mol. The summed E-state index contributed by atoms with van der Waals surface area (Å²) in [6.07, 6.45) is 0.850. The summed E-state index contributed by atoms with van der Waals surface area (Å²) in [6, 6.07) is 15.7. The van der Waals surface area contributed by atoms with E-state index < -0.39 is 17.5 Å². The number of fused-ring (bicyclic) bond motifs is 1. The third kappa shape index (κ3) is 3.46. The molecule has 1 saturated heterocycles. The second-order valence-corrected chi connectivity index (χ2v) is 7.70. The number of halogens is 3. The maximum atomic E-state index is 14.6. The van der Waals surface area contributed by atoms with Gasteiger partial charge in [0.05, 0.1) is 11.2 Å². The van der Waals surface area contributed by atoms with Crippen molar-refractivity contribution in [2.75, 3.05) is 23.7 Å². The largest absolute Gasteiger partial charge is 0.398 e. The molecule has 31 heavy (non-hydrogen) atoms. The van der Waals surface area contributed by atoms with Crippen molar-refractivity contribution in [2.45, 2.75) is 12.3 Å². The molecule has 7 heteroatoms. The van der Waals surface area contributed by atoms with E-state index in [1.54, 1.807) is 0 Å². The van der Waals surface area contributed by atoms with Crippen LogP contribution in [-0.2, 0) is 0 Å². The van der Waals surface area contributed by atoms with Crippen LogP contribution in [0.15, 0.2) is 60.7 Å². The number of aromatic nitrogens is 2. The Morgan fingerprint density at radius 2 is 1.77 bits per heavy atom. The molecule has 0 saturated carbocycles. The average Bonchev–Trinajstić information content (AvgIpc) is 3.25. The van der Waals surface area contributed by atoms with Crippen LogP contribution in [0.5, 0.6) is 0 Å². The lowest BCUT2D eigenvalue weighted by atomic mass is 9.97. The van der Waals surface area contributed by atoms with Crippen LogP contribution in [0.2, 0.25) is 0 Å². The molecule has 0 bridgehead atoms. The molecular formula is C24H19F3N4. The zero-order valence-electron chi connectivity index (χ0n) is 16.5. The highest BCUT2D eigenvalue weighted by atomic mass is 19.2. The Morgan fingerprint density at radius 1 is 0.935 bits per heavy atom. The van der Waals surface area contributed by atoms with E-state index in [4.69, 9.17) is 5.73 Å². The molecule has 1 aliphatic heterocycles. The SMILES string of the molecule is Nc1ccccc1[C@H]1CCN(c2nc(-c3cccc(F)c3F)c3ccc(F)cc3n2)C1. The van der Waals surface area contributed by atoms with Gasteiger partial charge in [-0.3, -0.25) is 0 Å². The van der Waals surface area contributed by atoms with Crippen molar-refractivity contribution in [3.63, 3.8) is 0 Å². The fourth-order valence-electron chi connectivity index (χ4n) is 4.20. The lowest BCUT2D eigenvalue weighted by molar-refractivity contribution is 0.511. The fourth-order valence-corrected chi connectivity index (χ4v) is 4.20. The van der Waals surface area contributed by atoms with Crippen molar-refractivity contribution in [2.24, 2.45) is 0 Å². The molecule has 2 heterocycles. The van der Waals surface area contributed by atoms with E-state index in [1.165, 1.54) is 30.3 Å². The minimum absolute atomic E-state index is 0.0170. The second-order valence-electron chi connectivity index (χ2n) is 7.70. The molecule has 1 atom stereocenters. The Labute approximate surface area is 177 Å². The van der Waals surface area contributed by atoms with Crippen LogP contribution in [0, 0.1) is 17.5 Å². The first kappa shape index (κ1) is 19.4. The van der Waals surface area contributed by atoms with Gasteiger partial charge >= 0.3 is 0 Å². The molecule has 1 fully saturated rings. The summed E-state index contributed by atoms with van der Waals surface area (Å²) in [4.78, 5) is 11.1. The van der Waals surface area contributed by atoms with E-state index in [1.807, 2.05) is 29.2 Å². The van der Waals surface area contributed by atoms with Crippen molar-refractivity contribution in [3.05, 3.63) is 83.7 Å². The van der Waals surface area contributed by atoms with E-state index in [9.17, 15) is 13.2 Å². The van der Waals surface area contributed by atoms with Gasteiger partial charge in [-0.15, -0.1) is 0 Å². The van der Waals surface area contributed by atoms with Crippen molar-refractivity contribution in [1.82, 2.24) is 9.97 Å². The van der Waals surface area contributed by atoms with Gasteiger partial charge in [0.15, 0.2) is 11.6 Å². The molecule has 3 aromatic carbocycles. The maximum Gasteiger partial charge on any atom is 0.226 e. The minimum Gasteiger partial charge on any atom is -0.398 e. The van der Waals surface area contributed by atoms with Crippen molar-refractivity contribution >= 4 is 22.5 Å². The van der Waals surface area contributed by atoms with Gasteiger partial charge in [0.2, 0.25) is 5.95 Å². The first-order chi connectivity index (χ1) is 15.0. The predicted molar refractivity (Wildman–Crippen MR) is 115 cm³/mol. The van der Waals surface area contributed by atoms with E-state index in [0.717, 1.165) is 23.7 Å². The molecule has 156 valence electrons. The number of nitrogens with zero attached hydrogens (tertiary/aromatic N) is 3. The first-order valence-corrected chi connectivity index (χ1v) is 10.0. The highest BCUT2D eigenvalue weighted by molar-refractivity contribution is 5.93. The number of nitrogens with two attached hydrogens (primary N) is 1. The van der Waals surface area contributed by atoms with Crippen molar-refractivity contribution in [1.29, 1.82) is 0 Å². The molecule has 5 rings (SSSR count). The van der Waals surface area contributed by atoms with Gasteiger partial charge in [-0.25, -0.2) is 23.1 Å². The lowest BCUT2D eigenvalue weighted by Crippen LogP contribution is -2.22. The topological polar surface area (TPSA) is 55.0 Å². The van der Waals surface area contributed by atoms with Crippen LogP contribution in [0.25, 0.3) is 22.2 Å². The number of para-hydroxylation sites is 1. The molecular weight excluding hydrogens is 401 g/mol. The predicted octanol–water partition coefficient (Wildman–Crippen LogP) is 5.29. The standard InChI is InChI=1S/C24H19F3N4/c25-15-8-9-17-21(12-15)29-24(30-23(17)18-5-3-6-19(26)22(18)27)31-11-10-14(13-31)16-4-1-2-7-20(16)28/h1-9,12,14H,10-11,13,28H2/t14-/m0/s1. The number of nitrogen functional groups attached to an aromatic ring is 1. The Hall–Kier alpha value is -3.61. The zero-order chi connectivity index (χ0) is 21.5. The molecule has 1 aliphatic rings. The molecule has 4 nitrogen and oxygen atoms in total. The lowest BCUT2D eigenvalue weighted by Gasteiger charge is -2.19. The minimum atomic E-state index is -0.992. The van der Waals surface area contributed by atoms with E-state index >= 15 is 0 Å². The third-order valence-electron chi connectivity index (χ3n) is 5.76. The maximum absolute atomic E-state index is 14.6. The molecule has 0 radical (unpaired) electrons. The van der Waals surface area contributed by atoms with Gasteiger partial charge in [0, 0.05) is 41.7 Å². The Balaban J connectivity index is 1.60.